The molecular weight excluding hydrogens is 288 g/mol. The largest absolute Gasteiger partial charge is 0.345 e. The quantitative estimate of drug-likeness (QED) is 0.394. The van der Waals surface area contributed by atoms with E-state index in [1.165, 1.54) is 5.56 Å². The van der Waals surface area contributed by atoms with Gasteiger partial charge in [-0.25, -0.2) is 0 Å². The molecule has 0 saturated heterocycles. The monoisotopic (exact) mass is 318 g/mol. The molecule has 0 bridgehead atoms. The standard InChI is InChI=1S/C17H26N2S.C2H4/c1-7-15(5)19(6)17-10-8-16(9-11-17)14(4)12-18-20-13(2)3;1-2/h7-11,13-14,18H,1,5,12H2,2-4,6H3;1-2H2. The Labute approximate surface area is 141 Å². The maximum atomic E-state index is 3.96. The van der Waals surface area contributed by atoms with Crippen molar-refractivity contribution in [2.24, 2.45) is 0 Å². The Kier molecular flexibility index (Phi) is 10.4. The maximum Gasteiger partial charge on any atom is 0.0408 e. The Hall–Kier alpha value is -1.45. The Morgan fingerprint density at radius 1 is 1.23 bits per heavy atom. The lowest BCUT2D eigenvalue weighted by atomic mass is 10.0. The molecule has 0 heterocycles. The lowest BCUT2D eigenvalue weighted by molar-refractivity contribution is 0.739. The van der Waals surface area contributed by atoms with Crippen LogP contribution in [0, 0.1) is 0 Å². The van der Waals surface area contributed by atoms with Crippen LogP contribution >= 0.6 is 11.9 Å². The summed E-state index contributed by atoms with van der Waals surface area (Å²) >= 11 is 1.79. The Morgan fingerprint density at radius 2 is 1.77 bits per heavy atom. The summed E-state index contributed by atoms with van der Waals surface area (Å²) in [4.78, 5) is 2.04. The first-order valence-corrected chi connectivity index (χ1v) is 8.37. The molecule has 0 aliphatic carbocycles. The second-order valence-corrected chi connectivity index (χ2v) is 6.73. The summed E-state index contributed by atoms with van der Waals surface area (Å²) in [6, 6.07) is 8.65. The minimum Gasteiger partial charge on any atom is -0.345 e. The van der Waals surface area contributed by atoms with Gasteiger partial charge in [-0.15, -0.1) is 13.2 Å². The van der Waals surface area contributed by atoms with E-state index >= 15 is 0 Å². The van der Waals surface area contributed by atoms with Gasteiger partial charge in [-0.2, -0.15) is 0 Å². The first kappa shape index (κ1) is 20.6. The predicted octanol–water partition coefficient (Wildman–Crippen LogP) is 5.37. The van der Waals surface area contributed by atoms with Gasteiger partial charge >= 0.3 is 0 Å². The number of nitrogens with one attached hydrogen (secondary N) is 1. The van der Waals surface area contributed by atoms with E-state index < -0.39 is 0 Å². The Bertz CT molecular complexity index is 451. The number of likely N-dealkylation sites (N-methyl/N-ethyl adjacent to an activating group) is 1. The fourth-order valence-corrected chi connectivity index (χ4v) is 2.47. The van der Waals surface area contributed by atoms with Crippen LogP contribution in [0.1, 0.15) is 32.3 Å². The van der Waals surface area contributed by atoms with Gasteiger partial charge in [-0.1, -0.05) is 58.0 Å². The number of benzene rings is 1. The summed E-state index contributed by atoms with van der Waals surface area (Å²) in [5.41, 5.74) is 3.39. The van der Waals surface area contributed by atoms with E-state index in [2.05, 4.69) is 76.1 Å². The zero-order valence-electron chi connectivity index (χ0n) is 14.4. The van der Waals surface area contributed by atoms with E-state index in [4.69, 9.17) is 0 Å². The van der Waals surface area contributed by atoms with Gasteiger partial charge in [-0.05, 0) is 29.7 Å². The molecule has 1 aromatic carbocycles. The highest BCUT2D eigenvalue weighted by atomic mass is 32.2. The van der Waals surface area contributed by atoms with Crippen molar-refractivity contribution in [2.75, 3.05) is 18.5 Å². The highest BCUT2D eigenvalue weighted by Gasteiger charge is 2.07. The van der Waals surface area contributed by atoms with Gasteiger partial charge in [0, 0.05) is 30.2 Å². The van der Waals surface area contributed by atoms with Gasteiger partial charge in [0.2, 0.25) is 0 Å². The molecule has 22 heavy (non-hydrogen) atoms. The molecule has 1 atom stereocenters. The van der Waals surface area contributed by atoms with Crippen LogP contribution in [0.3, 0.4) is 0 Å². The molecule has 2 nitrogen and oxygen atoms in total. The van der Waals surface area contributed by atoms with Crippen LogP contribution in [0.4, 0.5) is 5.69 Å². The molecule has 1 N–H and O–H groups in total. The van der Waals surface area contributed by atoms with Gasteiger partial charge < -0.3 is 4.90 Å². The number of allylic oxidation sites excluding steroid dienone is 1. The zero-order chi connectivity index (χ0) is 17.1. The molecule has 122 valence electrons. The summed E-state index contributed by atoms with van der Waals surface area (Å²) in [6.07, 6.45) is 1.77. The molecule has 0 aliphatic rings. The van der Waals surface area contributed by atoms with Crippen molar-refractivity contribution in [2.45, 2.75) is 31.9 Å². The number of nitrogens with zero attached hydrogens (tertiary/aromatic N) is 1. The molecule has 1 rings (SSSR count). The van der Waals surface area contributed by atoms with Crippen molar-refractivity contribution in [3.63, 3.8) is 0 Å². The second kappa shape index (κ2) is 11.2. The number of anilines is 1. The van der Waals surface area contributed by atoms with Gasteiger partial charge in [0.1, 0.15) is 0 Å². The summed E-state index contributed by atoms with van der Waals surface area (Å²) < 4.78 is 3.43. The number of hydrogen-bond acceptors (Lipinski definition) is 3. The highest BCUT2D eigenvalue weighted by molar-refractivity contribution is 7.97. The zero-order valence-corrected chi connectivity index (χ0v) is 15.2. The van der Waals surface area contributed by atoms with E-state index in [1.807, 2.05) is 11.9 Å². The van der Waals surface area contributed by atoms with Crippen LogP contribution in [-0.4, -0.2) is 18.8 Å². The lowest BCUT2D eigenvalue weighted by Crippen LogP contribution is -2.16. The molecule has 0 saturated carbocycles. The van der Waals surface area contributed by atoms with Crippen LogP contribution in [0.15, 0.2) is 62.4 Å². The van der Waals surface area contributed by atoms with Crippen LogP contribution in [0.25, 0.3) is 0 Å². The average molecular weight is 319 g/mol. The molecule has 1 unspecified atom stereocenters. The van der Waals surface area contributed by atoms with E-state index in [0.717, 1.165) is 17.9 Å². The molecule has 3 heteroatoms. The van der Waals surface area contributed by atoms with E-state index in [9.17, 15) is 0 Å². The predicted molar refractivity (Wildman–Crippen MR) is 105 cm³/mol. The third kappa shape index (κ3) is 7.01. The molecule has 0 aliphatic heterocycles. The van der Waals surface area contributed by atoms with Crippen molar-refractivity contribution in [1.29, 1.82) is 0 Å². The Balaban J connectivity index is 0.00000211. The molecule has 0 spiro atoms. The smallest absolute Gasteiger partial charge is 0.0408 e. The van der Waals surface area contributed by atoms with Crippen molar-refractivity contribution in [3.05, 3.63) is 67.9 Å². The van der Waals surface area contributed by atoms with E-state index in [1.54, 1.807) is 18.0 Å². The highest BCUT2D eigenvalue weighted by Crippen LogP contribution is 2.22. The summed E-state index contributed by atoms with van der Waals surface area (Å²) in [6.45, 7) is 21.3. The minimum atomic E-state index is 0.503. The average Bonchev–Trinajstić information content (AvgIpc) is 2.55. The van der Waals surface area contributed by atoms with Gasteiger partial charge in [0.15, 0.2) is 0 Å². The van der Waals surface area contributed by atoms with E-state index in [0.29, 0.717) is 11.2 Å². The van der Waals surface area contributed by atoms with Crippen molar-refractivity contribution in [3.8, 4) is 0 Å². The topological polar surface area (TPSA) is 15.3 Å². The van der Waals surface area contributed by atoms with Crippen molar-refractivity contribution in [1.82, 2.24) is 4.72 Å². The SMILES string of the molecule is C=C.C=CC(=C)N(C)c1ccc(C(C)CNSC(C)C)cc1. The first-order chi connectivity index (χ1) is 10.5. The summed E-state index contributed by atoms with van der Waals surface area (Å²) in [5.74, 6) is 0.503. The van der Waals surface area contributed by atoms with Gasteiger partial charge in [-0.3, -0.25) is 4.72 Å². The maximum absolute atomic E-state index is 3.96. The molecule has 0 amide bonds. The molecule has 0 aromatic heterocycles. The first-order valence-electron chi connectivity index (χ1n) is 7.49. The van der Waals surface area contributed by atoms with Crippen molar-refractivity contribution >= 4 is 17.6 Å². The van der Waals surface area contributed by atoms with E-state index in [-0.39, 0.29) is 0 Å². The second-order valence-electron chi connectivity index (χ2n) is 5.26. The third-order valence-corrected chi connectivity index (χ3v) is 4.03. The minimum absolute atomic E-state index is 0.503. The fraction of sp³-hybridized carbons (Fsp3) is 0.368. The van der Waals surface area contributed by atoms with Crippen molar-refractivity contribution < 1.29 is 0 Å². The van der Waals surface area contributed by atoms with Crippen LogP contribution in [0.5, 0.6) is 0 Å². The molecule has 0 fully saturated rings. The number of hydrogen-bond donors (Lipinski definition) is 1. The lowest BCUT2D eigenvalue weighted by Gasteiger charge is -2.20. The van der Waals surface area contributed by atoms with Gasteiger partial charge in [0.05, 0.1) is 0 Å². The van der Waals surface area contributed by atoms with Crippen LogP contribution in [0.2, 0.25) is 0 Å². The summed E-state index contributed by atoms with van der Waals surface area (Å²) in [7, 11) is 2.00. The molecule has 1 aromatic rings. The fourth-order valence-electron chi connectivity index (χ4n) is 1.79. The molecular formula is C19H30N2S. The Morgan fingerprint density at radius 3 is 2.23 bits per heavy atom. The summed E-state index contributed by atoms with van der Waals surface area (Å²) in [5, 5.41) is 0.614. The van der Waals surface area contributed by atoms with Crippen LogP contribution in [-0.2, 0) is 0 Å². The third-order valence-electron chi connectivity index (χ3n) is 3.22. The normalized spacial score (nSPS) is 11.3. The number of rotatable bonds is 8. The van der Waals surface area contributed by atoms with Crippen LogP contribution < -0.4 is 9.62 Å². The van der Waals surface area contributed by atoms with Gasteiger partial charge in [0.25, 0.3) is 0 Å². The molecule has 0 radical (unpaired) electrons.